The lowest BCUT2D eigenvalue weighted by Crippen LogP contribution is -2.45. The van der Waals surface area contributed by atoms with Gasteiger partial charge in [-0.1, -0.05) is 24.3 Å². The molecule has 2 aromatic carbocycles. The third-order valence-electron chi connectivity index (χ3n) is 5.56. The summed E-state index contributed by atoms with van der Waals surface area (Å²) < 4.78 is 0. The number of nitrogens with one attached hydrogen (secondary N) is 1. The van der Waals surface area contributed by atoms with Gasteiger partial charge in [0.1, 0.15) is 0 Å². The van der Waals surface area contributed by atoms with Crippen molar-refractivity contribution in [1.29, 1.82) is 0 Å². The largest absolute Gasteiger partial charge is 0.399 e. The van der Waals surface area contributed by atoms with Crippen molar-refractivity contribution in [3.8, 4) is 0 Å². The predicted molar refractivity (Wildman–Crippen MR) is 120 cm³/mol. The molecule has 0 saturated carbocycles. The first kappa shape index (κ1) is 21.3. The minimum absolute atomic E-state index is 0.0872. The second kappa shape index (κ2) is 9.42. The molecule has 1 saturated heterocycles. The molecule has 0 spiro atoms. The zero-order valence-electron chi connectivity index (χ0n) is 18.1. The van der Waals surface area contributed by atoms with E-state index in [0.717, 1.165) is 37.4 Å². The highest BCUT2D eigenvalue weighted by atomic mass is 16.2. The zero-order valence-corrected chi connectivity index (χ0v) is 18.1. The van der Waals surface area contributed by atoms with Crippen molar-refractivity contribution in [1.82, 2.24) is 15.1 Å². The van der Waals surface area contributed by atoms with Crippen molar-refractivity contribution in [2.24, 2.45) is 0 Å². The first-order valence-corrected chi connectivity index (χ1v) is 10.6. The highest BCUT2D eigenvalue weighted by Gasteiger charge is 2.25. The van der Waals surface area contributed by atoms with Crippen LogP contribution in [0.1, 0.15) is 55.2 Å². The lowest BCUT2D eigenvalue weighted by molar-refractivity contribution is 0.0643. The smallest absolute Gasteiger partial charge is 0.254 e. The molecule has 5 heteroatoms. The maximum absolute atomic E-state index is 13.0. The summed E-state index contributed by atoms with van der Waals surface area (Å²) in [6.45, 7) is 12.2. The minimum Gasteiger partial charge on any atom is -0.399 e. The molecule has 1 unspecified atom stereocenters. The molecular weight excluding hydrogens is 360 g/mol. The van der Waals surface area contributed by atoms with Crippen LogP contribution in [0.4, 0.5) is 5.69 Å². The van der Waals surface area contributed by atoms with Crippen molar-refractivity contribution in [3.63, 3.8) is 0 Å². The summed E-state index contributed by atoms with van der Waals surface area (Å²) in [5, 5.41) is 3.42. The summed E-state index contributed by atoms with van der Waals surface area (Å²) in [7, 11) is 0. The number of hydrogen-bond acceptors (Lipinski definition) is 4. The molecular formula is C24H34N4O. The highest BCUT2D eigenvalue weighted by Crippen LogP contribution is 2.30. The fourth-order valence-electron chi connectivity index (χ4n) is 4.31. The van der Waals surface area contributed by atoms with Crippen molar-refractivity contribution in [2.45, 2.75) is 45.8 Å². The molecule has 0 aromatic heterocycles. The van der Waals surface area contributed by atoms with Crippen LogP contribution in [0.15, 0.2) is 48.5 Å². The number of benzene rings is 2. The van der Waals surface area contributed by atoms with E-state index in [2.05, 4.69) is 62.2 Å². The van der Waals surface area contributed by atoms with E-state index in [4.69, 9.17) is 5.73 Å². The number of rotatable bonds is 6. The standard InChI is InChI=1S/C24H34N4O/c1-17(2)28(18(3)4)24(29)20-10-8-19(9-11-20)23(27-14-12-26-13-15-27)21-6-5-7-22(25)16-21/h5-11,16-18,23,26H,12-15,25H2,1-4H3. The van der Waals surface area contributed by atoms with Gasteiger partial charge in [0.15, 0.2) is 0 Å². The van der Waals surface area contributed by atoms with Gasteiger partial charge in [0.25, 0.3) is 5.91 Å². The van der Waals surface area contributed by atoms with Crippen molar-refractivity contribution >= 4 is 11.6 Å². The van der Waals surface area contributed by atoms with Crippen molar-refractivity contribution in [2.75, 3.05) is 31.9 Å². The summed E-state index contributed by atoms with van der Waals surface area (Å²) in [6.07, 6.45) is 0. The van der Waals surface area contributed by atoms with Crippen LogP contribution in [-0.2, 0) is 0 Å². The Kier molecular flexibility index (Phi) is 6.93. The van der Waals surface area contributed by atoms with E-state index in [1.165, 1.54) is 11.1 Å². The summed E-state index contributed by atoms with van der Waals surface area (Å²) in [6, 6.07) is 16.7. The lowest BCUT2D eigenvalue weighted by Gasteiger charge is -2.36. The number of carbonyl (C=O) groups excluding carboxylic acids is 1. The molecule has 0 radical (unpaired) electrons. The fourth-order valence-corrected chi connectivity index (χ4v) is 4.31. The Morgan fingerprint density at radius 2 is 1.59 bits per heavy atom. The molecule has 5 nitrogen and oxygen atoms in total. The zero-order chi connectivity index (χ0) is 21.0. The highest BCUT2D eigenvalue weighted by molar-refractivity contribution is 5.94. The van der Waals surface area contributed by atoms with E-state index in [0.29, 0.717) is 0 Å². The first-order valence-electron chi connectivity index (χ1n) is 10.6. The Balaban J connectivity index is 1.92. The van der Waals surface area contributed by atoms with Crippen LogP contribution in [0.5, 0.6) is 0 Å². The molecule has 156 valence electrons. The van der Waals surface area contributed by atoms with Gasteiger partial charge in [-0.25, -0.2) is 0 Å². The Hall–Kier alpha value is -2.37. The number of amides is 1. The van der Waals surface area contributed by atoms with Gasteiger partial charge in [-0.2, -0.15) is 0 Å². The molecule has 1 atom stereocenters. The second-order valence-corrected chi connectivity index (χ2v) is 8.38. The van der Waals surface area contributed by atoms with E-state index >= 15 is 0 Å². The normalized spacial score (nSPS) is 16.2. The number of carbonyl (C=O) groups is 1. The average Bonchev–Trinajstić information content (AvgIpc) is 2.69. The molecule has 2 aromatic rings. The van der Waals surface area contributed by atoms with Crippen LogP contribution in [0.3, 0.4) is 0 Å². The van der Waals surface area contributed by atoms with Crippen LogP contribution in [0.2, 0.25) is 0 Å². The number of nitrogens with two attached hydrogens (primary N) is 1. The molecule has 1 aliphatic rings. The number of nitrogen functional groups attached to an aromatic ring is 1. The average molecular weight is 395 g/mol. The molecule has 1 amide bonds. The summed E-state index contributed by atoms with van der Waals surface area (Å²) in [5.74, 6) is 0.0872. The van der Waals surface area contributed by atoms with Crippen LogP contribution in [0.25, 0.3) is 0 Å². The fraction of sp³-hybridized carbons (Fsp3) is 0.458. The van der Waals surface area contributed by atoms with Gasteiger partial charge in [-0.15, -0.1) is 0 Å². The lowest BCUT2D eigenvalue weighted by atomic mass is 9.95. The molecule has 0 bridgehead atoms. The SMILES string of the molecule is CC(C)N(C(=O)c1ccc(C(c2cccc(N)c2)N2CCNCC2)cc1)C(C)C. The Bertz CT molecular complexity index is 802. The third kappa shape index (κ3) is 4.98. The number of nitrogens with zero attached hydrogens (tertiary/aromatic N) is 2. The van der Waals surface area contributed by atoms with Crippen molar-refractivity contribution in [3.05, 3.63) is 65.2 Å². The van der Waals surface area contributed by atoms with Crippen LogP contribution < -0.4 is 11.1 Å². The van der Waals surface area contributed by atoms with Gasteiger partial charge in [0.2, 0.25) is 0 Å². The van der Waals surface area contributed by atoms with Gasteiger partial charge in [-0.05, 0) is 63.1 Å². The summed E-state index contributed by atoms with van der Waals surface area (Å²) in [5.41, 5.74) is 9.97. The molecule has 3 rings (SSSR count). The monoisotopic (exact) mass is 394 g/mol. The van der Waals surface area contributed by atoms with Crippen LogP contribution in [0, 0.1) is 0 Å². The Labute approximate surface area is 174 Å². The molecule has 29 heavy (non-hydrogen) atoms. The van der Waals surface area contributed by atoms with E-state index in [9.17, 15) is 4.79 Å². The van der Waals surface area contributed by atoms with Crippen molar-refractivity contribution < 1.29 is 4.79 Å². The maximum Gasteiger partial charge on any atom is 0.254 e. The van der Waals surface area contributed by atoms with Gasteiger partial charge in [-0.3, -0.25) is 9.69 Å². The topological polar surface area (TPSA) is 61.6 Å². The van der Waals surface area contributed by atoms with E-state index < -0.39 is 0 Å². The molecule has 1 fully saturated rings. The van der Waals surface area contributed by atoms with Gasteiger partial charge < -0.3 is 16.0 Å². The van der Waals surface area contributed by atoms with Gasteiger partial charge >= 0.3 is 0 Å². The molecule has 0 aliphatic carbocycles. The molecule has 3 N–H and O–H groups in total. The summed E-state index contributed by atoms with van der Waals surface area (Å²) in [4.78, 5) is 17.4. The molecule has 1 heterocycles. The minimum atomic E-state index is 0.0872. The maximum atomic E-state index is 13.0. The van der Waals surface area contributed by atoms with E-state index in [1.54, 1.807) is 0 Å². The Morgan fingerprint density at radius 3 is 2.14 bits per heavy atom. The van der Waals surface area contributed by atoms with Crippen LogP contribution in [-0.4, -0.2) is 54.0 Å². The summed E-state index contributed by atoms with van der Waals surface area (Å²) >= 11 is 0. The number of anilines is 1. The van der Waals surface area contributed by atoms with E-state index in [1.807, 2.05) is 29.2 Å². The Morgan fingerprint density at radius 1 is 0.966 bits per heavy atom. The number of hydrogen-bond donors (Lipinski definition) is 2. The molecule has 1 aliphatic heterocycles. The third-order valence-corrected chi connectivity index (χ3v) is 5.56. The van der Waals surface area contributed by atoms with Crippen LogP contribution >= 0.6 is 0 Å². The van der Waals surface area contributed by atoms with Gasteiger partial charge in [0.05, 0.1) is 6.04 Å². The predicted octanol–water partition coefficient (Wildman–Crippen LogP) is 3.52. The van der Waals surface area contributed by atoms with Gasteiger partial charge in [0, 0.05) is 49.5 Å². The van der Waals surface area contributed by atoms with E-state index in [-0.39, 0.29) is 24.0 Å². The number of piperazine rings is 1. The second-order valence-electron chi connectivity index (χ2n) is 8.38. The first-order chi connectivity index (χ1) is 13.9. The quantitative estimate of drug-likeness (QED) is 0.736.